The molecule has 1 aromatic carbocycles. The van der Waals surface area contributed by atoms with Crippen molar-refractivity contribution in [1.82, 2.24) is 5.32 Å². The molecule has 2 aliphatic rings. The number of amides is 1. The monoisotopic (exact) mass is 323 g/mol. The highest BCUT2D eigenvalue weighted by Crippen LogP contribution is 2.37. The molecule has 1 saturated carbocycles. The fraction of sp³-hybridized carbons (Fsp3) is 0.588. The Labute approximate surface area is 136 Å². The Kier molecular flexibility index (Phi) is 5.01. The van der Waals surface area contributed by atoms with E-state index < -0.39 is 0 Å². The third kappa shape index (κ3) is 4.00. The number of nitrogens with one attached hydrogen (secondary N) is 1. The second-order valence-corrected chi connectivity index (χ2v) is 6.57. The molecule has 1 saturated heterocycles. The van der Waals surface area contributed by atoms with Gasteiger partial charge in [-0.3, -0.25) is 4.79 Å². The molecule has 1 heterocycles. The van der Waals surface area contributed by atoms with Crippen molar-refractivity contribution in [2.45, 2.75) is 50.4 Å². The molecule has 0 unspecified atom stereocenters. The number of rotatable bonds is 4. The highest BCUT2D eigenvalue weighted by molar-refractivity contribution is 6.30. The molecular formula is C17H22ClNO3. The summed E-state index contributed by atoms with van der Waals surface area (Å²) in [5.74, 6) is -0.375. The quantitative estimate of drug-likeness (QED) is 0.926. The summed E-state index contributed by atoms with van der Waals surface area (Å²) >= 11 is 5.84. The molecule has 0 bridgehead atoms. The average Bonchev–Trinajstić information content (AvgIpc) is 2.91. The zero-order chi connectivity index (χ0) is 15.4. The smallest absolute Gasteiger partial charge is 0.224 e. The van der Waals surface area contributed by atoms with Crippen LogP contribution >= 0.6 is 11.6 Å². The van der Waals surface area contributed by atoms with Crippen LogP contribution in [0.25, 0.3) is 0 Å². The summed E-state index contributed by atoms with van der Waals surface area (Å²) in [4.78, 5) is 12.0. The fourth-order valence-corrected chi connectivity index (χ4v) is 3.27. The number of hydrogen-bond acceptors (Lipinski definition) is 3. The van der Waals surface area contributed by atoms with Gasteiger partial charge in [-0.1, -0.05) is 30.2 Å². The number of ether oxygens (including phenoxy) is 2. The van der Waals surface area contributed by atoms with Crippen molar-refractivity contribution in [3.8, 4) is 0 Å². The number of halogens is 1. The van der Waals surface area contributed by atoms with Gasteiger partial charge < -0.3 is 14.8 Å². The van der Waals surface area contributed by atoms with Gasteiger partial charge in [0.1, 0.15) is 6.10 Å². The number of hydrogen-bond donors (Lipinski definition) is 1. The van der Waals surface area contributed by atoms with Crippen LogP contribution in [-0.4, -0.2) is 30.9 Å². The van der Waals surface area contributed by atoms with Crippen LogP contribution in [0.1, 0.15) is 37.7 Å². The van der Waals surface area contributed by atoms with Crippen molar-refractivity contribution in [3.05, 3.63) is 34.9 Å². The van der Waals surface area contributed by atoms with Gasteiger partial charge in [-0.15, -0.1) is 0 Å². The van der Waals surface area contributed by atoms with E-state index in [0.717, 1.165) is 31.2 Å². The van der Waals surface area contributed by atoms with Gasteiger partial charge in [-0.25, -0.2) is 0 Å². The maximum atomic E-state index is 12.0. The molecule has 1 aromatic rings. The van der Waals surface area contributed by atoms with E-state index in [1.807, 2.05) is 12.1 Å². The van der Waals surface area contributed by atoms with E-state index in [1.54, 1.807) is 12.1 Å². The SMILES string of the molecule is O=C(Cc1ccc(Cl)cc1)NC[C@H]1COC2(CCCCC2)O1. The fourth-order valence-electron chi connectivity index (χ4n) is 3.15. The lowest BCUT2D eigenvalue weighted by atomic mass is 9.94. The third-order valence-electron chi connectivity index (χ3n) is 4.33. The van der Waals surface area contributed by atoms with Crippen LogP contribution < -0.4 is 5.32 Å². The number of benzene rings is 1. The standard InChI is InChI=1S/C17H22ClNO3/c18-14-6-4-13(5-7-14)10-16(20)19-11-15-12-21-17(22-15)8-2-1-3-9-17/h4-7,15H,1-3,8-12H2,(H,19,20)/t15-/m0/s1. The minimum absolute atomic E-state index is 0.00415. The molecule has 1 atom stereocenters. The van der Waals surface area contributed by atoms with Gasteiger partial charge in [0.15, 0.2) is 5.79 Å². The number of carbonyl (C=O) groups is 1. The normalized spacial score (nSPS) is 23.6. The molecule has 1 N–H and O–H groups in total. The summed E-state index contributed by atoms with van der Waals surface area (Å²) in [5, 5.41) is 3.61. The van der Waals surface area contributed by atoms with Crippen molar-refractivity contribution >= 4 is 17.5 Å². The molecular weight excluding hydrogens is 302 g/mol. The minimum atomic E-state index is -0.371. The van der Waals surface area contributed by atoms with Gasteiger partial charge in [0.2, 0.25) is 5.91 Å². The van der Waals surface area contributed by atoms with Crippen LogP contribution in [0.2, 0.25) is 5.02 Å². The molecule has 1 aliphatic heterocycles. The second-order valence-electron chi connectivity index (χ2n) is 6.13. The summed E-state index contributed by atoms with van der Waals surface area (Å²) in [6.07, 6.45) is 5.86. The van der Waals surface area contributed by atoms with E-state index in [4.69, 9.17) is 21.1 Å². The molecule has 1 amide bonds. The zero-order valence-electron chi connectivity index (χ0n) is 12.6. The predicted molar refractivity (Wildman–Crippen MR) is 84.8 cm³/mol. The first-order valence-corrected chi connectivity index (χ1v) is 8.36. The maximum Gasteiger partial charge on any atom is 0.224 e. The molecule has 0 radical (unpaired) electrons. The molecule has 120 valence electrons. The van der Waals surface area contributed by atoms with Crippen molar-refractivity contribution in [2.24, 2.45) is 0 Å². The lowest BCUT2D eigenvalue weighted by molar-refractivity contribution is -0.186. The Morgan fingerprint density at radius 1 is 1.23 bits per heavy atom. The van der Waals surface area contributed by atoms with E-state index in [-0.39, 0.29) is 17.8 Å². The lowest BCUT2D eigenvalue weighted by Crippen LogP contribution is -2.37. The maximum absolute atomic E-state index is 12.0. The summed E-state index contributed by atoms with van der Waals surface area (Å²) in [5.41, 5.74) is 0.953. The van der Waals surface area contributed by atoms with Gasteiger partial charge in [0.25, 0.3) is 0 Å². The molecule has 2 fully saturated rings. The number of carbonyl (C=O) groups excluding carboxylic acids is 1. The zero-order valence-corrected chi connectivity index (χ0v) is 13.4. The largest absolute Gasteiger partial charge is 0.353 e. The second kappa shape index (κ2) is 6.99. The van der Waals surface area contributed by atoms with Gasteiger partial charge >= 0.3 is 0 Å². The van der Waals surface area contributed by atoms with Gasteiger partial charge in [0.05, 0.1) is 13.0 Å². The molecule has 3 rings (SSSR count). The van der Waals surface area contributed by atoms with Gasteiger partial charge in [-0.05, 0) is 30.5 Å². The Balaban J connectivity index is 1.43. The molecule has 22 heavy (non-hydrogen) atoms. The third-order valence-corrected chi connectivity index (χ3v) is 4.59. The van der Waals surface area contributed by atoms with E-state index in [1.165, 1.54) is 6.42 Å². The van der Waals surface area contributed by atoms with Crippen LogP contribution in [0.5, 0.6) is 0 Å². The Morgan fingerprint density at radius 3 is 2.68 bits per heavy atom. The Morgan fingerprint density at radius 2 is 1.95 bits per heavy atom. The molecule has 0 aromatic heterocycles. The Bertz CT molecular complexity index is 511. The summed E-state index contributed by atoms with van der Waals surface area (Å²) in [6.45, 7) is 1.08. The highest BCUT2D eigenvalue weighted by Gasteiger charge is 2.42. The van der Waals surface area contributed by atoms with Crippen LogP contribution in [0, 0.1) is 0 Å². The van der Waals surface area contributed by atoms with Crippen LogP contribution in [0.4, 0.5) is 0 Å². The molecule has 1 aliphatic carbocycles. The molecule has 4 nitrogen and oxygen atoms in total. The molecule has 1 spiro atoms. The van der Waals surface area contributed by atoms with E-state index in [0.29, 0.717) is 24.6 Å². The summed E-state index contributed by atoms with van der Waals surface area (Å²) < 4.78 is 11.9. The van der Waals surface area contributed by atoms with Gasteiger partial charge in [0, 0.05) is 24.4 Å². The van der Waals surface area contributed by atoms with E-state index in [2.05, 4.69) is 5.32 Å². The van der Waals surface area contributed by atoms with Crippen molar-refractivity contribution < 1.29 is 14.3 Å². The molecule has 5 heteroatoms. The minimum Gasteiger partial charge on any atom is -0.353 e. The Hall–Kier alpha value is -1.10. The van der Waals surface area contributed by atoms with Crippen LogP contribution in [-0.2, 0) is 20.7 Å². The van der Waals surface area contributed by atoms with Crippen LogP contribution in [0.3, 0.4) is 0 Å². The van der Waals surface area contributed by atoms with Crippen molar-refractivity contribution in [2.75, 3.05) is 13.2 Å². The highest BCUT2D eigenvalue weighted by atomic mass is 35.5. The summed E-state index contributed by atoms with van der Waals surface area (Å²) in [6, 6.07) is 7.33. The first kappa shape index (κ1) is 15.8. The average molecular weight is 324 g/mol. The van der Waals surface area contributed by atoms with E-state index >= 15 is 0 Å². The van der Waals surface area contributed by atoms with Crippen molar-refractivity contribution in [3.63, 3.8) is 0 Å². The van der Waals surface area contributed by atoms with Crippen LogP contribution in [0.15, 0.2) is 24.3 Å². The first-order chi connectivity index (χ1) is 10.7. The topological polar surface area (TPSA) is 47.6 Å². The summed E-state index contributed by atoms with van der Waals surface area (Å²) in [7, 11) is 0. The van der Waals surface area contributed by atoms with Gasteiger partial charge in [-0.2, -0.15) is 0 Å². The van der Waals surface area contributed by atoms with E-state index in [9.17, 15) is 4.79 Å². The first-order valence-electron chi connectivity index (χ1n) is 7.98. The van der Waals surface area contributed by atoms with Crippen molar-refractivity contribution in [1.29, 1.82) is 0 Å². The lowest BCUT2D eigenvalue weighted by Gasteiger charge is -2.31. The predicted octanol–water partition coefficient (Wildman–Crippen LogP) is 3.07.